The highest BCUT2D eigenvalue weighted by Gasteiger charge is 2.13. The van der Waals surface area contributed by atoms with Gasteiger partial charge in [-0.3, -0.25) is 5.32 Å². The van der Waals surface area contributed by atoms with Crippen molar-refractivity contribution in [1.82, 2.24) is 10.1 Å². The fraction of sp³-hybridized carbons (Fsp3) is 0. The van der Waals surface area contributed by atoms with Crippen molar-refractivity contribution in [3.63, 3.8) is 0 Å². The number of aromatic nitrogens is 2. The van der Waals surface area contributed by atoms with Gasteiger partial charge in [0.1, 0.15) is 5.75 Å². The molecule has 6 heteroatoms. The fourth-order valence-electron chi connectivity index (χ4n) is 1.58. The van der Waals surface area contributed by atoms with Crippen molar-refractivity contribution in [2.75, 3.05) is 5.32 Å². The molecule has 0 bridgehead atoms. The molecule has 1 N–H and O–H groups in total. The van der Waals surface area contributed by atoms with E-state index in [9.17, 15) is 4.79 Å². The number of hydrogen-bond donors (Lipinski definition) is 1. The van der Waals surface area contributed by atoms with E-state index in [4.69, 9.17) is 9.26 Å². The molecule has 0 radical (unpaired) electrons. The number of pyridine rings is 1. The first-order chi connectivity index (χ1) is 9.33. The second-order valence-corrected chi connectivity index (χ2v) is 3.71. The number of anilines is 1. The van der Waals surface area contributed by atoms with E-state index in [2.05, 4.69) is 15.5 Å². The Hall–Kier alpha value is -2.89. The van der Waals surface area contributed by atoms with Gasteiger partial charge in [-0.2, -0.15) is 0 Å². The third-order valence-corrected chi connectivity index (χ3v) is 2.40. The van der Waals surface area contributed by atoms with Crippen LogP contribution < -0.4 is 10.1 Å². The smallest absolute Gasteiger partial charge is 0.410 e. The van der Waals surface area contributed by atoms with Gasteiger partial charge in [0, 0.05) is 6.20 Å². The molecule has 0 saturated carbocycles. The van der Waals surface area contributed by atoms with Crippen molar-refractivity contribution in [2.45, 2.75) is 0 Å². The van der Waals surface area contributed by atoms with Crippen LogP contribution in [0.25, 0.3) is 11.1 Å². The largest absolute Gasteiger partial charge is 0.418 e. The number of para-hydroxylation sites is 1. The molecule has 6 nitrogen and oxygen atoms in total. The minimum Gasteiger partial charge on any atom is -0.410 e. The molecule has 2 aromatic heterocycles. The van der Waals surface area contributed by atoms with E-state index in [-0.39, 0.29) is 5.82 Å². The lowest BCUT2D eigenvalue weighted by Crippen LogP contribution is -2.17. The van der Waals surface area contributed by atoms with Crippen LogP contribution in [0.4, 0.5) is 10.6 Å². The standard InChI is InChI=1S/C13H9N3O3/c17-13(18-9-5-2-1-3-6-9)15-12-11-10(19-16-12)7-4-8-14-11/h1-8H,(H,15,16,17). The summed E-state index contributed by atoms with van der Waals surface area (Å²) in [7, 11) is 0. The summed E-state index contributed by atoms with van der Waals surface area (Å²) in [6, 6.07) is 12.2. The summed E-state index contributed by atoms with van der Waals surface area (Å²) in [4.78, 5) is 15.8. The Bertz CT molecular complexity index is 709. The van der Waals surface area contributed by atoms with Crippen LogP contribution in [0.1, 0.15) is 0 Å². The first kappa shape index (κ1) is 11.2. The number of amides is 1. The van der Waals surface area contributed by atoms with Gasteiger partial charge in [-0.05, 0) is 24.3 Å². The zero-order valence-corrected chi connectivity index (χ0v) is 9.74. The summed E-state index contributed by atoms with van der Waals surface area (Å²) in [6.07, 6.45) is 0.944. The number of benzene rings is 1. The van der Waals surface area contributed by atoms with Gasteiger partial charge in [0.05, 0.1) is 0 Å². The van der Waals surface area contributed by atoms with Crippen molar-refractivity contribution in [2.24, 2.45) is 0 Å². The maximum atomic E-state index is 11.7. The summed E-state index contributed by atoms with van der Waals surface area (Å²) in [6.45, 7) is 0. The summed E-state index contributed by atoms with van der Waals surface area (Å²) < 4.78 is 10.1. The molecule has 3 rings (SSSR count). The maximum Gasteiger partial charge on any atom is 0.418 e. The lowest BCUT2D eigenvalue weighted by molar-refractivity contribution is 0.215. The first-order valence-electron chi connectivity index (χ1n) is 5.57. The van der Waals surface area contributed by atoms with E-state index < -0.39 is 6.09 Å². The van der Waals surface area contributed by atoms with Gasteiger partial charge >= 0.3 is 6.09 Å². The van der Waals surface area contributed by atoms with E-state index in [1.54, 1.807) is 42.6 Å². The van der Waals surface area contributed by atoms with Gasteiger partial charge in [-0.25, -0.2) is 9.78 Å². The number of hydrogen-bond acceptors (Lipinski definition) is 5. The van der Waals surface area contributed by atoms with Crippen molar-refractivity contribution in [3.8, 4) is 5.75 Å². The average Bonchev–Trinajstić information content (AvgIpc) is 2.83. The van der Waals surface area contributed by atoms with E-state index in [0.717, 1.165) is 0 Å². The zero-order valence-electron chi connectivity index (χ0n) is 9.74. The second kappa shape index (κ2) is 4.77. The van der Waals surface area contributed by atoms with Crippen molar-refractivity contribution < 1.29 is 14.1 Å². The fourth-order valence-corrected chi connectivity index (χ4v) is 1.58. The SMILES string of the molecule is O=C(Nc1noc2cccnc12)Oc1ccccc1. The van der Waals surface area contributed by atoms with Gasteiger partial charge in [0.15, 0.2) is 11.1 Å². The van der Waals surface area contributed by atoms with Gasteiger partial charge in [0.2, 0.25) is 5.82 Å². The molecule has 94 valence electrons. The number of fused-ring (bicyclic) bond motifs is 1. The minimum absolute atomic E-state index is 0.233. The molecule has 3 aromatic rings. The Morgan fingerprint density at radius 1 is 1.16 bits per heavy atom. The third kappa shape index (κ3) is 2.37. The Balaban J connectivity index is 1.76. The Kier molecular flexibility index (Phi) is 2.82. The topological polar surface area (TPSA) is 77.3 Å². The van der Waals surface area contributed by atoms with E-state index >= 15 is 0 Å². The lowest BCUT2D eigenvalue weighted by Gasteiger charge is -2.03. The summed E-state index contributed by atoms with van der Waals surface area (Å²) in [5.74, 6) is 0.678. The van der Waals surface area contributed by atoms with Gasteiger partial charge < -0.3 is 9.26 Å². The number of ether oxygens (including phenoxy) is 1. The highest BCUT2D eigenvalue weighted by molar-refractivity contribution is 5.94. The van der Waals surface area contributed by atoms with E-state index in [0.29, 0.717) is 16.8 Å². The van der Waals surface area contributed by atoms with Crippen LogP contribution in [0, 0.1) is 0 Å². The van der Waals surface area contributed by atoms with Crippen molar-refractivity contribution in [1.29, 1.82) is 0 Å². The molecule has 1 amide bonds. The minimum atomic E-state index is -0.646. The summed E-state index contributed by atoms with van der Waals surface area (Å²) >= 11 is 0. The van der Waals surface area contributed by atoms with Crippen LogP contribution in [0.15, 0.2) is 53.2 Å². The molecule has 0 saturated heterocycles. The lowest BCUT2D eigenvalue weighted by atomic mass is 10.3. The van der Waals surface area contributed by atoms with Gasteiger partial charge in [-0.15, -0.1) is 0 Å². The molecule has 1 aromatic carbocycles. The predicted octanol–water partition coefficient (Wildman–Crippen LogP) is 2.83. The first-order valence-corrected chi connectivity index (χ1v) is 5.57. The summed E-state index contributed by atoms with van der Waals surface area (Å²) in [5.41, 5.74) is 0.977. The molecule has 0 atom stereocenters. The Morgan fingerprint density at radius 3 is 2.84 bits per heavy atom. The molecular formula is C13H9N3O3. The highest BCUT2D eigenvalue weighted by Crippen LogP contribution is 2.20. The molecule has 0 fully saturated rings. The molecule has 2 heterocycles. The predicted molar refractivity (Wildman–Crippen MR) is 67.9 cm³/mol. The molecule has 0 spiro atoms. The second-order valence-electron chi connectivity index (χ2n) is 3.71. The Morgan fingerprint density at radius 2 is 2.00 bits per heavy atom. The molecule has 0 aliphatic rings. The monoisotopic (exact) mass is 255 g/mol. The van der Waals surface area contributed by atoms with Crippen LogP contribution in [0.3, 0.4) is 0 Å². The number of nitrogens with one attached hydrogen (secondary N) is 1. The van der Waals surface area contributed by atoms with E-state index in [1.807, 2.05) is 6.07 Å². The Labute approximate surface area is 108 Å². The molecule has 0 unspecified atom stereocenters. The van der Waals surface area contributed by atoms with E-state index in [1.165, 1.54) is 0 Å². The molecule has 0 aliphatic carbocycles. The number of rotatable bonds is 2. The van der Waals surface area contributed by atoms with Crippen molar-refractivity contribution >= 4 is 23.0 Å². The van der Waals surface area contributed by atoms with Gasteiger partial charge in [-0.1, -0.05) is 23.4 Å². The number of carbonyl (C=O) groups excluding carboxylic acids is 1. The number of nitrogens with zero attached hydrogens (tertiary/aromatic N) is 2. The van der Waals surface area contributed by atoms with Crippen LogP contribution in [-0.4, -0.2) is 16.2 Å². The van der Waals surface area contributed by atoms with Gasteiger partial charge in [0.25, 0.3) is 0 Å². The normalized spacial score (nSPS) is 10.3. The molecule has 19 heavy (non-hydrogen) atoms. The molecule has 0 aliphatic heterocycles. The number of carbonyl (C=O) groups is 1. The van der Waals surface area contributed by atoms with Crippen LogP contribution in [0.5, 0.6) is 5.75 Å². The van der Waals surface area contributed by atoms with Crippen molar-refractivity contribution in [3.05, 3.63) is 48.7 Å². The zero-order chi connectivity index (χ0) is 13.1. The summed E-state index contributed by atoms with van der Waals surface area (Å²) in [5, 5.41) is 6.21. The van der Waals surface area contributed by atoms with Crippen LogP contribution in [-0.2, 0) is 0 Å². The quantitative estimate of drug-likeness (QED) is 0.761. The molecular weight excluding hydrogens is 246 g/mol. The maximum absolute atomic E-state index is 11.7. The third-order valence-electron chi connectivity index (χ3n) is 2.40. The highest BCUT2D eigenvalue weighted by atomic mass is 16.6. The van der Waals surface area contributed by atoms with Crippen LogP contribution in [0.2, 0.25) is 0 Å². The average molecular weight is 255 g/mol. The van der Waals surface area contributed by atoms with Crippen LogP contribution >= 0.6 is 0 Å².